The third kappa shape index (κ3) is 2.23. The van der Waals surface area contributed by atoms with E-state index in [-0.39, 0.29) is 12.4 Å². The van der Waals surface area contributed by atoms with Gasteiger partial charge < -0.3 is 9.47 Å². The van der Waals surface area contributed by atoms with Gasteiger partial charge in [0.25, 0.3) is 0 Å². The number of fused-ring (bicyclic) bond motifs is 1. The van der Waals surface area contributed by atoms with Crippen LogP contribution in [0, 0.1) is 0 Å². The molecule has 0 fully saturated rings. The third-order valence-corrected chi connectivity index (χ3v) is 3.15. The minimum atomic E-state index is -0.788. The Balaban J connectivity index is 2.42. The van der Waals surface area contributed by atoms with Gasteiger partial charge in [0.15, 0.2) is 5.78 Å². The lowest BCUT2D eigenvalue weighted by Gasteiger charge is -2.23. The second-order valence-electron chi connectivity index (χ2n) is 4.22. The van der Waals surface area contributed by atoms with Gasteiger partial charge in [-0.1, -0.05) is 6.07 Å². The van der Waals surface area contributed by atoms with E-state index in [4.69, 9.17) is 9.47 Å². The monoisotopic (exact) mass is 248 g/mol. The van der Waals surface area contributed by atoms with E-state index in [0.717, 1.165) is 11.1 Å². The highest BCUT2D eigenvalue weighted by Gasteiger charge is 2.34. The maximum absolute atomic E-state index is 11.9. The fourth-order valence-electron chi connectivity index (χ4n) is 2.26. The summed E-state index contributed by atoms with van der Waals surface area (Å²) in [5.74, 6) is -0.674. The second kappa shape index (κ2) is 5.21. The zero-order chi connectivity index (χ0) is 13.1. The molecule has 18 heavy (non-hydrogen) atoms. The standard InChI is InChI=1S/C14H16O4/c1-3-18-14(16)13-11-8-10(17-2)6-4-9(11)5-7-12(13)15/h4,6,8,13H,3,5,7H2,1-2H3. The highest BCUT2D eigenvalue weighted by Crippen LogP contribution is 2.32. The molecule has 1 aliphatic carbocycles. The number of Topliss-reactive ketones (excluding diaryl/α,β-unsaturated/α-hetero) is 1. The summed E-state index contributed by atoms with van der Waals surface area (Å²) in [6.45, 7) is 2.01. The van der Waals surface area contributed by atoms with Gasteiger partial charge in [-0.3, -0.25) is 9.59 Å². The van der Waals surface area contributed by atoms with Crippen LogP contribution >= 0.6 is 0 Å². The van der Waals surface area contributed by atoms with Crippen molar-refractivity contribution in [3.63, 3.8) is 0 Å². The Kier molecular flexibility index (Phi) is 3.65. The lowest BCUT2D eigenvalue weighted by Crippen LogP contribution is -2.29. The number of rotatable bonds is 3. The first-order valence-corrected chi connectivity index (χ1v) is 6.03. The Bertz CT molecular complexity index is 479. The zero-order valence-electron chi connectivity index (χ0n) is 10.6. The third-order valence-electron chi connectivity index (χ3n) is 3.15. The second-order valence-corrected chi connectivity index (χ2v) is 4.22. The van der Waals surface area contributed by atoms with Crippen molar-refractivity contribution in [2.45, 2.75) is 25.7 Å². The smallest absolute Gasteiger partial charge is 0.321 e. The first-order chi connectivity index (χ1) is 8.67. The molecule has 0 bridgehead atoms. The van der Waals surface area contributed by atoms with Crippen LogP contribution in [0.15, 0.2) is 18.2 Å². The van der Waals surface area contributed by atoms with Gasteiger partial charge in [-0.25, -0.2) is 0 Å². The van der Waals surface area contributed by atoms with Crippen molar-refractivity contribution >= 4 is 11.8 Å². The molecule has 1 aliphatic rings. The number of carbonyl (C=O) groups excluding carboxylic acids is 2. The Morgan fingerprint density at radius 3 is 2.83 bits per heavy atom. The minimum Gasteiger partial charge on any atom is -0.497 e. The molecule has 0 spiro atoms. The molecule has 2 rings (SSSR count). The SMILES string of the molecule is CCOC(=O)C1C(=O)CCc2ccc(OC)cc21. The summed E-state index contributed by atoms with van der Waals surface area (Å²) in [5, 5.41) is 0. The summed E-state index contributed by atoms with van der Waals surface area (Å²) in [6, 6.07) is 5.51. The van der Waals surface area contributed by atoms with Crippen LogP contribution in [0.4, 0.5) is 0 Å². The van der Waals surface area contributed by atoms with Gasteiger partial charge in [-0.15, -0.1) is 0 Å². The first kappa shape index (κ1) is 12.6. The van der Waals surface area contributed by atoms with Gasteiger partial charge >= 0.3 is 5.97 Å². The van der Waals surface area contributed by atoms with Gasteiger partial charge in [0.1, 0.15) is 11.7 Å². The molecule has 0 saturated carbocycles. The maximum atomic E-state index is 11.9. The first-order valence-electron chi connectivity index (χ1n) is 6.03. The summed E-state index contributed by atoms with van der Waals surface area (Å²) in [7, 11) is 1.56. The molecular formula is C14H16O4. The number of benzene rings is 1. The molecule has 4 heteroatoms. The number of carbonyl (C=O) groups is 2. The number of methoxy groups -OCH3 is 1. The van der Waals surface area contributed by atoms with E-state index >= 15 is 0 Å². The van der Waals surface area contributed by atoms with Gasteiger partial charge in [0.2, 0.25) is 0 Å². The Hall–Kier alpha value is -1.84. The number of aryl methyl sites for hydroxylation is 1. The van der Waals surface area contributed by atoms with E-state index in [1.54, 1.807) is 20.1 Å². The number of hydrogen-bond acceptors (Lipinski definition) is 4. The van der Waals surface area contributed by atoms with Crippen LogP contribution in [0.25, 0.3) is 0 Å². The Morgan fingerprint density at radius 1 is 1.39 bits per heavy atom. The van der Waals surface area contributed by atoms with Crippen LogP contribution in [0.2, 0.25) is 0 Å². The van der Waals surface area contributed by atoms with Crippen LogP contribution in [0.1, 0.15) is 30.4 Å². The molecule has 0 N–H and O–H groups in total. The van der Waals surface area contributed by atoms with Crippen molar-refractivity contribution in [2.75, 3.05) is 13.7 Å². The highest BCUT2D eigenvalue weighted by molar-refractivity contribution is 6.05. The topological polar surface area (TPSA) is 52.6 Å². The number of ketones is 1. The molecule has 1 atom stereocenters. The fraction of sp³-hybridized carbons (Fsp3) is 0.429. The molecule has 0 aromatic heterocycles. The molecular weight excluding hydrogens is 232 g/mol. The quantitative estimate of drug-likeness (QED) is 0.605. The fourth-order valence-corrected chi connectivity index (χ4v) is 2.26. The molecule has 4 nitrogen and oxygen atoms in total. The maximum Gasteiger partial charge on any atom is 0.321 e. The number of ether oxygens (including phenoxy) is 2. The highest BCUT2D eigenvalue weighted by atomic mass is 16.5. The van der Waals surface area contributed by atoms with Crippen LogP contribution in [0.3, 0.4) is 0 Å². The van der Waals surface area contributed by atoms with E-state index in [0.29, 0.717) is 18.6 Å². The molecule has 0 aliphatic heterocycles. The lowest BCUT2D eigenvalue weighted by atomic mass is 9.82. The molecule has 96 valence electrons. The summed E-state index contributed by atoms with van der Waals surface area (Å²) in [4.78, 5) is 23.8. The van der Waals surface area contributed by atoms with Gasteiger partial charge in [-0.05, 0) is 36.6 Å². The molecule has 0 amide bonds. The predicted molar refractivity (Wildman–Crippen MR) is 65.7 cm³/mol. The van der Waals surface area contributed by atoms with Crippen molar-refractivity contribution in [2.24, 2.45) is 0 Å². The number of hydrogen-bond donors (Lipinski definition) is 0. The van der Waals surface area contributed by atoms with Crippen molar-refractivity contribution in [1.82, 2.24) is 0 Å². The lowest BCUT2D eigenvalue weighted by molar-refractivity contribution is -0.148. The van der Waals surface area contributed by atoms with Crippen molar-refractivity contribution in [1.29, 1.82) is 0 Å². The van der Waals surface area contributed by atoms with Crippen LogP contribution in [0.5, 0.6) is 5.75 Å². The van der Waals surface area contributed by atoms with Crippen molar-refractivity contribution in [3.05, 3.63) is 29.3 Å². The van der Waals surface area contributed by atoms with E-state index < -0.39 is 11.9 Å². The summed E-state index contributed by atoms with van der Waals surface area (Å²) in [5.41, 5.74) is 1.75. The van der Waals surface area contributed by atoms with Crippen LogP contribution < -0.4 is 4.74 Å². The summed E-state index contributed by atoms with van der Waals surface area (Å²) in [6.07, 6.45) is 1.07. The van der Waals surface area contributed by atoms with Crippen LogP contribution in [-0.4, -0.2) is 25.5 Å². The molecule has 1 aromatic rings. The molecule has 0 saturated heterocycles. The Morgan fingerprint density at radius 2 is 2.17 bits per heavy atom. The minimum absolute atomic E-state index is 0.0748. The van der Waals surface area contributed by atoms with Gasteiger partial charge in [-0.2, -0.15) is 0 Å². The molecule has 0 radical (unpaired) electrons. The normalized spacial score (nSPS) is 18.1. The van der Waals surface area contributed by atoms with E-state index in [1.165, 1.54) is 0 Å². The zero-order valence-corrected chi connectivity index (χ0v) is 10.6. The average Bonchev–Trinajstić information content (AvgIpc) is 2.38. The van der Waals surface area contributed by atoms with Gasteiger partial charge in [0.05, 0.1) is 13.7 Å². The number of esters is 1. The molecule has 1 aromatic carbocycles. The predicted octanol–water partition coefficient (Wildman–Crippen LogP) is 1.86. The molecule has 0 heterocycles. The van der Waals surface area contributed by atoms with Gasteiger partial charge in [0, 0.05) is 6.42 Å². The van der Waals surface area contributed by atoms with Crippen molar-refractivity contribution < 1.29 is 19.1 Å². The largest absolute Gasteiger partial charge is 0.497 e. The van der Waals surface area contributed by atoms with Crippen molar-refractivity contribution in [3.8, 4) is 5.75 Å². The van der Waals surface area contributed by atoms with E-state index in [2.05, 4.69) is 0 Å². The van der Waals surface area contributed by atoms with E-state index in [1.807, 2.05) is 12.1 Å². The Labute approximate surface area is 106 Å². The average molecular weight is 248 g/mol. The van der Waals surface area contributed by atoms with E-state index in [9.17, 15) is 9.59 Å². The summed E-state index contributed by atoms with van der Waals surface area (Å²) < 4.78 is 10.1. The summed E-state index contributed by atoms with van der Waals surface area (Å²) >= 11 is 0. The van der Waals surface area contributed by atoms with Crippen LogP contribution in [-0.2, 0) is 20.7 Å². The molecule has 1 unspecified atom stereocenters.